The van der Waals surface area contributed by atoms with E-state index in [2.05, 4.69) is 22.1 Å². The van der Waals surface area contributed by atoms with Crippen molar-refractivity contribution < 1.29 is 9.90 Å². The lowest BCUT2D eigenvalue weighted by molar-refractivity contribution is 0.0934. The van der Waals surface area contributed by atoms with Gasteiger partial charge in [-0.25, -0.2) is 4.98 Å². The van der Waals surface area contributed by atoms with Crippen molar-refractivity contribution in [2.45, 2.75) is 13.0 Å². The summed E-state index contributed by atoms with van der Waals surface area (Å²) in [7, 11) is 0. The summed E-state index contributed by atoms with van der Waals surface area (Å²) in [4.78, 5) is 16.3. The van der Waals surface area contributed by atoms with Crippen molar-refractivity contribution >= 4 is 17.2 Å². The Morgan fingerprint density at radius 2 is 2.40 bits per heavy atom. The summed E-state index contributed by atoms with van der Waals surface area (Å²) < 4.78 is 0. The zero-order valence-corrected chi connectivity index (χ0v) is 11.8. The molecule has 0 aromatic carbocycles. The molecule has 0 radical (unpaired) electrons. The van der Waals surface area contributed by atoms with Crippen LogP contribution < -0.4 is 5.32 Å². The Morgan fingerprint density at radius 1 is 1.55 bits per heavy atom. The summed E-state index contributed by atoms with van der Waals surface area (Å²) >= 11 is 1.59. The molecule has 2 rings (SSSR count). The van der Waals surface area contributed by atoms with Crippen LogP contribution in [0, 0.1) is 11.8 Å². The van der Waals surface area contributed by atoms with Gasteiger partial charge in [0.05, 0.1) is 11.6 Å². The number of aromatic nitrogens is 1. The summed E-state index contributed by atoms with van der Waals surface area (Å²) in [6, 6.07) is 5.30. The fourth-order valence-corrected chi connectivity index (χ4v) is 2.45. The summed E-state index contributed by atoms with van der Waals surface area (Å²) in [5.74, 6) is 4.99. The topological polar surface area (TPSA) is 62.2 Å². The fourth-order valence-electron chi connectivity index (χ4n) is 1.69. The van der Waals surface area contributed by atoms with Crippen LogP contribution in [-0.4, -0.2) is 22.6 Å². The highest BCUT2D eigenvalue weighted by Crippen LogP contribution is 2.16. The normalized spacial score (nSPS) is 11.3. The highest BCUT2D eigenvalue weighted by atomic mass is 32.1. The number of carbonyl (C=O) groups excluding carboxylic acids is 1. The van der Waals surface area contributed by atoms with E-state index in [1.165, 1.54) is 0 Å². The zero-order valence-electron chi connectivity index (χ0n) is 11.0. The van der Waals surface area contributed by atoms with Gasteiger partial charge in [-0.2, -0.15) is 11.3 Å². The quantitative estimate of drug-likeness (QED) is 0.848. The molecule has 0 aliphatic carbocycles. The number of rotatable bonds is 3. The Morgan fingerprint density at radius 3 is 3.10 bits per heavy atom. The number of carbonyl (C=O) groups is 1. The molecule has 1 atom stereocenters. The molecule has 1 amide bonds. The molecule has 0 aliphatic heterocycles. The van der Waals surface area contributed by atoms with E-state index >= 15 is 0 Å². The number of nitrogens with one attached hydrogen (secondary N) is 1. The SMILES string of the molecule is CC(NC(=O)c1ncccc1C#CCO)c1ccsc1. The monoisotopic (exact) mass is 286 g/mol. The zero-order chi connectivity index (χ0) is 14.4. The average molecular weight is 286 g/mol. The first-order chi connectivity index (χ1) is 9.72. The van der Waals surface area contributed by atoms with Gasteiger partial charge < -0.3 is 10.4 Å². The van der Waals surface area contributed by atoms with Crippen molar-refractivity contribution in [1.82, 2.24) is 10.3 Å². The second kappa shape index (κ2) is 6.85. The number of thiophene rings is 1. The maximum absolute atomic E-state index is 12.2. The largest absolute Gasteiger partial charge is 0.384 e. The van der Waals surface area contributed by atoms with E-state index in [0.717, 1.165) is 5.56 Å². The van der Waals surface area contributed by atoms with E-state index in [1.54, 1.807) is 29.7 Å². The summed E-state index contributed by atoms with van der Waals surface area (Å²) in [6.45, 7) is 1.67. The number of aliphatic hydroxyl groups is 1. The smallest absolute Gasteiger partial charge is 0.271 e. The maximum Gasteiger partial charge on any atom is 0.271 e. The average Bonchev–Trinajstić information content (AvgIpc) is 2.99. The first kappa shape index (κ1) is 14.3. The molecule has 0 aliphatic rings. The molecule has 20 heavy (non-hydrogen) atoms. The summed E-state index contributed by atoms with van der Waals surface area (Å²) in [5, 5.41) is 15.6. The Labute approximate surface area is 121 Å². The molecule has 2 N–H and O–H groups in total. The molecule has 1 unspecified atom stereocenters. The van der Waals surface area contributed by atoms with Crippen molar-refractivity contribution in [3.05, 3.63) is 52.0 Å². The Bertz CT molecular complexity index is 641. The van der Waals surface area contributed by atoms with Crippen molar-refractivity contribution in [3.8, 4) is 11.8 Å². The molecule has 102 valence electrons. The minimum absolute atomic E-state index is 0.0885. The van der Waals surface area contributed by atoms with Gasteiger partial charge >= 0.3 is 0 Å². The maximum atomic E-state index is 12.2. The Balaban J connectivity index is 2.17. The molecule has 0 bridgehead atoms. The van der Waals surface area contributed by atoms with Crippen molar-refractivity contribution in [2.75, 3.05) is 6.61 Å². The summed E-state index contributed by atoms with van der Waals surface area (Å²) in [5.41, 5.74) is 1.84. The summed E-state index contributed by atoms with van der Waals surface area (Å²) in [6.07, 6.45) is 1.55. The highest BCUT2D eigenvalue weighted by Gasteiger charge is 2.15. The van der Waals surface area contributed by atoms with E-state index in [9.17, 15) is 4.79 Å². The van der Waals surface area contributed by atoms with E-state index in [1.807, 2.05) is 23.8 Å². The lowest BCUT2D eigenvalue weighted by Gasteiger charge is -2.12. The Kier molecular flexibility index (Phi) is 4.88. The van der Waals surface area contributed by atoms with Gasteiger partial charge in [-0.3, -0.25) is 4.79 Å². The molecule has 2 aromatic heterocycles. The van der Waals surface area contributed by atoms with Gasteiger partial charge in [0.15, 0.2) is 0 Å². The number of nitrogens with zero attached hydrogens (tertiary/aromatic N) is 1. The third-order valence-electron chi connectivity index (χ3n) is 2.72. The van der Waals surface area contributed by atoms with Gasteiger partial charge in [-0.05, 0) is 41.4 Å². The van der Waals surface area contributed by atoms with Gasteiger partial charge in [0, 0.05) is 6.20 Å². The number of amides is 1. The second-order valence-corrected chi connectivity index (χ2v) is 4.89. The van der Waals surface area contributed by atoms with E-state index < -0.39 is 0 Å². The third-order valence-corrected chi connectivity index (χ3v) is 3.42. The standard InChI is InChI=1S/C15H14N2O2S/c1-11(13-6-9-20-10-13)17-15(19)14-12(5-3-8-18)4-2-7-16-14/h2,4,6-7,9-11,18H,8H2,1H3,(H,17,19). The molecule has 0 saturated carbocycles. The number of hydrogen-bond donors (Lipinski definition) is 2. The van der Waals surface area contributed by atoms with Gasteiger partial charge in [-0.15, -0.1) is 0 Å². The predicted octanol–water partition coefficient (Wildman–Crippen LogP) is 1.98. The lowest BCUT2D eigenvalue weighted by atomic mass is 10.1. The molecule has 0 saturated heterocycles. The van der Waals surface area contributed by atoms with Crippen LogP contribution in [0.3, 0.4) is 0 Å². The number of pyridine rings is 1. The van der Waals surface area contributed by atoms with Crippen LogP contribution in [0.1, 0.15) is 34.6 Å². The number of aliphatic hydroxyl groups excluding tert-OH is 1. The van der Waals surface area contributed by atoms with Gasteiger partial charge in [0.2, 0.25) is 0 Å². The van der Waals surface area contributed by atoms with Crippen LogP contribution in [0.15, 0.2) is 35.2 Å². The first-order valence-electron chi connectivity index (χ1n) is 6.10. The first-order valence-corrected chi connectivity index (χ1v) is 7.04. The van der Waals surface area contributed by atoms with Crippen molar-refractivity contribution in [3.63, 3.8) is 0 Å². The lowest BCUT2D eigenvalue weighted by Crippen LogP contribution is -2.27. The highest BCUT2D eigenvalue weighted by molar-refractivity contribution is 7.07. The molecule has 0 spiro atoms. The minimum Gasteiger partial charge on any atom is -0.384 e. The molecular weight excluding hydrogens is 272 g/mol. The molecule has 2 aromatic rings. The Hall–Kier alpha value is -2.16. The predicted molar refractivity (Wildman–Crippen MR) is 78.4 cm³/mol. The van der Waals surface area contributed by atoms with Crippen LogP contribution in [0.25, 0.3) is 0 Å². The van der Waals surface area contributed by atoms with E-state index in [0.29, 0.717) is 5.56 Å². The fraction of sp³-hybridized carbons (Fsp3) is 0.200. The second-order valence-electron chi connectivity index (χ2n) is 4.11. The molecule has 0 fully saturated rings. The third kappa shape index (κ3) is 3.44. The van der Waals surface area contributed by atoms with Gasteiger partial charge in [-0.1, -0.05) is 11.8 Å². The molecule has 5 heteroatoms. The number of hydrogen-bond acceptors (Lipinski definition) is 4. The van der Waals surface area contributed by atoms with Gasteiger partial charge in [0.25, 0.3) is 5.91 Å². The van der Waals surface area contributed by atoms with E-state index in [4.69, 9.17) is 5.11 Å². The minimum atomic E-state index is -0.272. The molecular formula is C15H14N2O2S. The molecule has 4 nitrogen and oxygen atoms in total. The van der Waals surface area contributed by atoms with Gasteiger partial charge in [0.1, 0.15) is 12.3 Å². The molecule has 2 heterocycles. The van der Waals surface area contributed by atoms with Crippen molar-refractivity contribution in [2.24, 2.45) is 0 Å². The van der Waals surface area contributed by atoms with Crippen LogP contribution in [0.4, 0.5) is 0 Å². The van der Waals surface area contributed by atoms with Crippen LogP contribution >= 0.6 is 11.3 Å². The van der Waals surface area contributed by atoms with Crippen LogP contribution in [0.2, 0.25) is 0 Å². The van der Waals surface area contributed by atoms with Crippen LogP contribution in [-0.2, 0) is 0 Å². The van der Waals surface area contributed by atoms with Crippen molar-refractivity contribution in [1.29, 1.82) is 0 Å². The van der Waals surface area contributed by atoms with E-state index in [-0.39, 0.29) is 24.2 Å². The van der Waals surface area contributed by atoms with Crippen LogP contribution in [0.5, 0.6) is 0 Å².